The van der Waals surface area contributed by atoms with E-state index in [1.807, 2.05) is 0 Å². The minimum absolute atomic E-state index is 0.0412. The molecule has 1 aromatic carbocycles. The van der Waals surface area contributed by atoms with E-state index in [-0.39, 0.29) is 17.6 Å². The van der Waals surface area contributed by atoms with E-state index < -0.39 is 5.97 Å². The zero-order valence-corrected chi connectivity index (χ0v) is 15.0. The van der Waals surface area contributed by atoms with Crippen molar-refractivity contribution in [2.24, 2.45) is 0 Å². The van der Waals surface area contributed by atoms with Crippen LogP contribution in [0.4, 0.5) is 0 Å². The number of thioether (sulfide) groups is 1. The van der Waals surface area contributed by atoms with Crippen molar-refractivity contribution in [3.63, 3.8) is 0 Å². The second kappa shape index (κ2) is 10.0. The number of nitrogens with one attached hydrogen (secondary N) is 1. The van der Waals surface area contributed by atoms with Crippen molar-refractivity contribution in [1.29, 1.82) is 0 Å². The van der Waals surface area contributed by atoms with Crippen LogP contribution in [-0.4, -0.2) is 67.6 Å². The molecular weight excluding hydrogens is 344 g/mol. The van der Waals surface area contributed by atoms with Crippen molar-refractivity contribution in [3.05, 3.63) is 35.4 Å². The van der Waals surface area contributed by atoms with Crippen LogP contribution in [0.5, 0.6) is 0 Å². The molecule has 7 nitrogen and oxygen atoms in total. The van der Waals surface area contributed by atoms with E-state index in [0.29, 0.717) is 44.2 Å². The average Bonchev–Trinajstić information content (AvgIpc) is 2.66. The third-order valence-electron chi connectivity index (χ3n) is 3.69. The summed E-state index contributed by atoms with van der Waals surface area (Å²) in [6, 6.07) is 6.84. The van der Waals surface area contributed by atoms with Gasteiger partial charge in [0, 0.05) is 19.6 Å². The monoisotopic (exact) mass is 366 g/mol. The number of nitrogens with zero attached hydrogens (tertiary/aromatic N) is 1. The highest BCUT2D eigenvalue weighted by Crippen LogP contribution is 2.07. The molecule has 1 heterocycles. The fraction of sp³-hybridized carbons (Fsp3) is 0.471. The number of benzene rings is 1. The topological polar surface area (TPSA) is 84.9 Å². The largest absolute Gasteiger partial charge is 0.465 e. The second-order valence-electron chi connectivity index (χ2n) is 5.45. The highest BCUT2D eigenvalue weighted by Gasteiger charge is 2.16. The van der Waals surface area contributed by atoms with Gasteiger partial charge in [-0.15, -0.1) is 11.8 Å². The van der Waals surface area contributed by atoms with Crippen LogP contribution in [0.15, 0.2) is 24.3 Å². The van der Waals surface area contributed by atoms with Crippen LogP contribution in [0.1, 0.15) is 15.9 Å². The van der Waals surface area contributed by atoms with Gasteiger partial charge in [-0.25, -0.2) is 4.79 Å². The number of rotatable bonds is 7. The molecule has 0 spiro atoms. The molecule has 25 heavy (non-hydrogen) atoms. The molecule has 0 radical (unpaired) electrons. The number of methoxy groups -OCH3 is 1. The molecule has 0 bridgehead atoms. The van der Waals surface area contributed by atoms with Gasteiger partial charge in [-0.2, -0.15) is 0 Å². The first kappa shape index (κ1) is 19.3. The van der Waals surface area contributed by atoms with Gasteiger partial charge in [-0.05, 0) is 17.7 Å². The Hall–Kier alpha value is -2.06. The number of carbonyl (C=O) groups is 3. The maximum absolute atomic E-state index is 12.0. The maximum atomic E-state index is 12.0. The fourth-order valence-electron chi connectivity index (χ4n) is 2.26. The Balaban J connectivity index is 1.65. The van der Waals surface area contributed by atoms with Gasteiger partial charge in [0.05, 0.1) is 37.4 Å². The van der Waals surface area contributed by atoms with Crippen molar-refractivity contribution in [3.8, 4) is 0 Å². The zero-order chi connectivity index (χ0) is 18.1. The summed E-state index contributed by atoms with van der Waals surface area (Å²) in [4.78, 5) is 36.9. The highest BCUT2D eigenvalue weighted by atomic mass is 32.2. The lowest BCUT2D eigenvalue weighted by molar-refractivity contribution is -0.132. The van der Waals surface area contributed by atoms with Gasteiger partial charge in [0.2, 0.25) is 11.8 Å². The first-order chi connectivity index (χ1) is 12.1. The van der Waals surface area contributed by atoms with Crippen molar-refractivity contribution >= 4 is 29.5 Å². The molecular formula is C17H22N2O5S. The Kier molecular flexibility index (Phi) is 7.75. The summed E-state index contributed by atoms with van der Waals surface area (Å²) in [5.41, 5.74) is 1.35. The molecule has 2 amide bonds. The lowest BCUT2D eigenvalue weighted by Gasteiger charge is -2.26. The van der Waals surface area contributed by atoms with Crippen LogP contribution in [0.2, 0.25) is 0 Å². The van der Waals surface area contributed by atoms with Gasteiger partial charge >= 0.3 is 5.97 Å². The predicted octanol–water partition coefficient (Wildman–Crippen LogP) is 0.681. The van der Waals surface area contributed by atoms with Crippen molar-refractivity contribution in [1.82, 2.24) is 10.2 Å². The van der Waals surface area contributed by atoms with E-state index in [9.17, 15) is 14.4 Å². The standard InChI is InChI=1S/C17H22N2O5S/c1-23-17(22)14-4-2-13(3-5-14)10-18-15(20)11-25-12-16(21)19-6-8-24-9-7-19/h2-5H,6-12H2,1H3,(H,18,20). The third-order valence-corrected chi connectivity index (χ3v) is 4.60. The van der Waals surface area contributed by atoms with Gasteiger partial charge in [0.25, 0.3) is 0 Å². The average molecular weight is 366 g/mol. The van der Waals surface area contributed by atoms with Crippen LogP contribution in [-0.2, 0) is 25.6 Å². The zero-order valence-electron chi connectivity index (χ0n) is 14.2. The molecule has 136 valence electrons. The number of hydrogen-bond acceptors (Lipinski definition) is 6. The molecule has 0 aliphatic carbocycles. The summed E-state index contributed by atoms with van der Waals surface area (Å²) in [7, 11) is 1.33. The van der Waals surface area contributed by atoms with E-state index in [4.69, 9.17) is 4.74 Å². The Morgan fingerprint density at radius 1 is 1.16 bits per heavy atom. The third kappa shape index (κ3) is 6.39. The summed E-state index contributed by atoms with van der Waals surface area (Å²) in [5.74, 6) is 0.0469. The number of morpholine rings is 1. The van der Waals surface area contributed by atoms with Gasteiger partial charge in [-0.3, -0.25) is 9.59 Å². The number of ether oxygens (including phenoxy) is 2. The molecule has 8 heteroatoms. The first-order valence-electron chi connectivity index (χ1n) is 7.97. The Bertz CT molecular complexity index is 600. The normalized spacial score (nSPS) is 14.0. The van der Waals surface area contributed by atoms with Gasteiger partial charge in [-0.1, -0.05) is 12.1 Å². The Morgan fingerprint density at radius 2 is 1.84 bits per heavy atom. The minimum Gasteiger partial charge on any atom is -0.465 e. The van der Waals surface area contributed by atoms with Crippen LogP contribution in [0.25, 0.3) is 0 Å². The van der Waals surface area contributed by atoms with Crippen LogP contribution < -0.4 is 5.32 Å². The van der Waals surface area contributed by atoms with E-state index in [2.05, 4.69) is 10.1 Å². The summed E-state index contributed by atoms with van der Waals surface area (Å²) < 4.78 is 9.84. The molecule has 0 unspecified atom stereocenters. The van der Waals surface area contributed by atoms with E-state index >= 15 is 0 Å². The number of esters is 1. The SMILES string of the molecule is COC(=O)c1ccc(CNC(=O)CSCC(=O)N2CCOCC2)cc1. The number of carbonyl (C=O) groups excluding carboxylic acids is 3. The first-order valence-corrected chi connectivity index (χ1v) is 9.13. The van der Waals surface area contributed by atoms with E-state index in [1.165, 1.54) is 18.9 Å². The fourth-order valence-corrected chi connectivity index (χ4v) is 3.01. The Morgan fingerprint density at radius 3 is 2.48 bits per heavy atom. The van der Waals surface area contributed by atoms with Crippen molar-refractivity contribution in [2.45, 2.75) is 6.54 Å². The van der Waals surface area contributed by atoms with Gasteiger partial charge in [0.15, 0.2) is 0 Å². The van der Waals surface area contributed by atoms with Gasteiger partial charge < -0.3 is 19.7 Å². The molecule has 0 aromatic heterocycles. The van der Waals surface area contributed by atoms with Crippen LogP contribution in [0, 0.1) is 0 Å². The highest BCUT2D eigenvalue weighted by molar-refractivity contribution is 8.00. The number of amides is 2. The van der Waals surface area contributed by atoms with Crippen LogP contribution in [0.3, 0.4) is 0 Å². The summed E-state index contributed by atoms with van der Waals surface area (Å²) in [5, 5.41) is 2.79. The lowest BCUT2D eigenvalue weighted by Crippen LogP contribution is -2.41. The van der Waals surface area contributed by atoms with Crippen LogP contribution >= 0.6 is 11.8 Å². The van der Waals surface area contributed by atoms with Gasteiger partial charge in [0.1, 0.15) is 0 Å². The minimum atomic E-state index is -0.392. The molecule has 0 atom stereocenters. The predicted molar refractivity (Wildman–Crippen MR) is 94.4 cm³/mol. The van der Waals surface area contributed by atoms with Crippen molar-refractivity contribution in [2.75, 3.05) is 44.9 Å². The van der Waals surface area contributed by atoms with Crippen molar-refractivity contribution < 1.29 is 23.9 Å². The Labute approximate surface area is 151 Å². The molecule has 0 saturated carbocycles. The summed E-state index contributed by atoms with van der Waals surface area (Å²) in [6.07, 6.45) is 0. The molecule has 1 aliphatic rings. The maximum Gasteiger partial charge on any atom is 0.337 e. The second-order valence-corrected chi connectivity index (χ2v) is 6.44. The molecule has 1 fully saturated rings. The molecule has 1 saturated heterocycles. The molecule has 1 aromatic rings. The number of hydrogen-bond donors (Lipinski definition) is 1. The summed E-state index contributed by atoms with van der Waals surface area (Å²) in [6.45, 7) is 2.76. The lowest BCUT2D eigenvalue weighted by atomic mass is 10.1. The van der Waals surface area contributed by atoms with E-state index in [1.54, 1.807) is 29.2 Å². The quantitative estimate of drug-likeness (QED) is 0.715. The smallest absolute Gasteiger partial charge is 0.337 e. The molecule has 1 aliphatic heterocycles. The molecule has 2 rings (SSSR count). The molecule has 1 N–H and O–H groups in total. The summed E-state index contributed by atoms with van der Waals surface area (Å²) >= 11 is 1.30. The van der Waals surface area contributed by atoms with E-state index in [0.717, 1.165) is 5.56 Å².